The minimum Gasteiger partial charge on any atom is -0.493 e. The van der Waals surface area contributed by atoms with Gasteiger partial charge in [-0.05, 0) is 19.1 Å². The number of piperazine rings is 1. The van der Waals surface area contributed by atoms with Crippen molar-refractivity contribution in [1.29, 1.82) is 0 Å². The van der Waals surface area contributed by atoms with Crippen molar-refractivity contribution in [3.8, 4) is 11.5 Å². The Morgan fingerprint density at radius 3 is 2.40 bits per heavy atom. The number of methoxy groups -OCH3 is 2. The molecule has 1 heterocycles. The lowest BCUT2D eigenvalue weighted by atomic mass is 10.1. The predicted octanol–water partition coefficient (Wildman–Crippen LogP) is -0.554. The van der Waals surface area contributed by atoms with E-state index in [9.17, 15) is 4.79 Å². The van der Waals surface area contributed by atoms with Gasteiger partial charge in [-0.15, -0.1) is 0 Å². The number of nitrogens with one attached hydrogen (secondary N) is 3. The van der Waals surface area contributed by atoms with Gasteiger partial charge in [-0.25, -0.2) is 5.43 Å². The van der Waals surface area contributed by atoms with E-state index in [1.807, 2.05) is 18.2 Å². The minimum absolute atomic E-state index is 0.0786. The molecule has 3 N–H and O–H groups in total. The van der Waals surface area contributed by atoms with Crippen LogP contribution in [0.4, 0.5) is 0 Å². The van der Waals surface area contributed by atoms with Crippen LogP contribution in [0.15, 0.2) is 47.6 Å². The highest BCUT2D eigenvalue weighted by Gasteiger charge is 2.24. The second kappa shape index (κ2) is 10.8. The molecule has 0 unspecified atom stereocenters. The molecule has 1 amide bonds. The lowest BCUT2D eigenvalue weighted by molar-refractivity contribution is -1.02. The number of aryl methyl sites for hydroxylation is 1. The number of hydrogen-bond donors (Lipinski definition) is 3. The molecule has 2 aromatic rings. The third-order valence-electron chi connectivity index (χ3n) is 5.48. The molecule has 160 valence electrons. The number of ether oxygens (including phenoxy) is 2. The number of para-hydroxylation sites is 1. The molecule has 7 nitrogen and oxygen atoms in total. The molecule has 7 heteroatoms. The fourth-order valence-corrected chi connectivity index (χ4v) is 3.76. The zero-order chi connectivity index (χ0) is 21.3. The summed E-state index contributed by atoms with van der Waals surface area (Å²) in [6.45, 7) is 7.71. The number of benzene rings is 2. The molecule has 30 heavy (non-hydrogen) atoms. The summed E-state index contributed by atoms with van der Waals surface area (Å²) in [7, 11) is 3.17. The summed E-state index contributed by atoms with van der Waals surface area (Å²) in [5.74, 6) is 1.14. The van der Waals surface area contributed by atoms with Crippen LogP contribution < -0.4 is 24.7 Å². The highest BCUT2D eigenvalue weighted by Crippen LogP contribution is 2.29. The van der Waals surface area contributed by atoms with Crippen LogP contribution in [0.1, 0.15) is 16.7 Å². The Balaban J connectivity index is 1.43. The molecule has 0 aromatic heterocycles. The van der Waals surface area contributed by atoms with Crippen molar-refractivity contribution in [2.75, 3.05) is 46.9 Å². The molecule has 0 saturated carbocycles. The van der Waals surface area contributed by atoms with Crippen molar-refractivity contribution in [2.45, 2.75) is 13.5 Å². The third-order valence-corrected chi connectivity index (χ3v) is 5.48. The second-order valence-corrected chi connectivity index (χ2v) is 7.72. The van der Waals surface area contributed by atoms with Gasteiger partial charge in [-0.2, -0.15) is 5.10 Å². The Labute approximate surface area is 178 Å². The maximum absolute atomic E-state index is 12.3. The standard InChI is InChI=1S/C23H30N4O3/c1-18-7-9-19(10-8-18)16-26-11-13-27(14-12-26)17-22(28)25-24-15-20-5-4-6-21(29-2)23(20)30-3/h4-10,15H,11-14,16-17H2,1-3H3,(H,25,28)/p+2. The van der Waals surface area contributed by atoms with E-state index >= 15 is 0 Å². The quantitative estimate of drug-likeness (QED) is 0.403. The van der Waals surface area contributed by atoms with Gasteiger partial charge in [0, 0.05) is 11.1 Å². The van der Waals surface area contributed by atoms with E-state index in [1.165, 1.54) is 16.0 Å². The monoisotopic (exact) mass is 412 g/mol. The highest BCUT2D eigenvalue weighted by molar-refractivity contribution is 5.86. The Hall–Kier alpha value is -2.90. The topological polar surface area (TPSA) is 68.8 Å². The molecule has 1 fully saturated rings. The van der Waals surface area contributed by atoms with E-state index in [-0.39, 0.29) is 5.91 Å². The van der Waals surface area contributed by atoms with E-state index in [2.05, 4.69) is 41.7 Å². The van der Waals surface area contributed by atoms with Crippen molar-refractivity contribution in [1.82, 2.24) is 5.43 Å². The first-order valence-electron chi connectivity index (χ1n) is 10.3. The lowest BCUT2D eigenvalue weighted by Gasteiger charge is -2.29. The van der Waals surface area contributed by atoms with Gasteiger partial charge in [-0.1, -0.05) is 35.9 Å². The summed E-state index contributed by atoms with van der Waals surface area (Å²) in [5, 5.41) is 4.09. The average molecular weight is 413 g/mol. The summed E-state index contributed by atoms with van der Waals surface area (Å²) in [6.07, 6.45) is 1.58. The molecule has 0 bridgehead atoms. The van der Waals surface area contributed by atoms with E-state index in [4.69, 9.17) is 9.47 Å². The maximum Gasteiger partial charge on any atom is 0.295 e. The second-order valence-electron chi connectivity index (χ2n) is 7.72. The van der Waals surface area contributed by atoms with Crippen molar-refractivity contribution in [3.63, 3.8) is 0 Å². The van der Waals surface area contributed by atoms with Crippen molar-refractivity contribution in [2.24, 2.45) is 5.10 Å². The molecule has 2 aromatic carbocycles. The van der Waals surface area contributed by atoms with Crippen molar-refractivity contribution >= 4 is 12.1 Å². The van der Waals surface area contributed by atoms with Gasteiger partial charge in [0.05, 0.1) is 20.4 Å². The van der Waals surface area contributed by atoms with Crippen LogP contribution in [0, 0.1) is 6.92 Å². The number of carbonyl (C=O) groups is 1. The van der Waals surface area contributed by atoms with Crippen LogP contribution in [0.25, 0.3) is 0 Å². The van der Waals surface area contributed by atoms with Crippen LogP contribution in [0.5, 0.6) is 11.5 Å². The summed E-state index contributed by atoms with van der Waals surface area (Å²) < 4.78 is 10.6. The third kappa shape index (κ3) is 6.05. The fourth-order valence-electron chi connectivity index (χ4n) is 3.76. The Morgan fingerprint density at radius 2 is 1.73 bits per heavy atom. The van der Waals surface area contributed by atoms with Gasteiger partial charge in [0.25, 0.3) is 5.91 Å². The average Bonchev–Trinajstić information content (AvgIpc) is 2.76. The molecule has 0 aliphatic carbocycles. The van der Waals surface area contributed by atoms with Gasteiger partial charge in [0.2, 0.25) is 0 Å². The van der Waals surface area contributed by atoms with Crippen molar-refractivity contribution in [3.05, 3.63) is 59.2 Å². The first kappa shape index (κ1) is 21.8. The van der Waals surface area contributed by atoms with E-state index in [0.717, 1.165) is 38.3 Å². The SMILES string of the molecule is COc1cccc(C=NNC(=O)C[NH+]2CC[NH+](Cc3ccc(C)cc3)CC2)c1OC. The number of hydrazone groups is 1. The zero-order valence-corrected chi connectivity index (χ0v) is 18.0. The number of quaternary nitrogens is 2. The first-order valence-corrected chi connectivity index (χ1v) is 10.3. The molecule has 1 aliphatic heterocycles. The summed E-state index contributed by atoms with van der Waals surface area (Å²) in [4.78, 5) is 15.2. The highest BCUT2D eigenvalue weighted by atomic mass is 16.5. The van der Waals surface area contributed by atoms with Crippen LogP contribution in [0.2, 0.25) is 0 Å². The molecular weight excluding hydrogens is 380 g/mol. The molecule has 0 atom stereocenters. The fraction of sp³-hybridized carbons (Fsp3) is 0.391. The van der Waals surface area contributed by atoms with E-state index in [1.54, 1.807) is 25.3 Å². The van der Waals surface area contributed by atoms with Crippen LogP contribution >= 0.6 is 0 Å². The molecule has 3 rings (SSSR count). The number of nitrogens with zero attached hydrogens (tertiary/aromatic N) is 1. The van der Waals surface area contributed by atoms with Gasteiger partial charge in [0.15, 0.2) is 18.0 Å². The number of hydrogen-bond acceptors (Lipinski definition) is 4. The summed E-state index contributed by atoms with van der Waals surface area (Å²) in [6, 6.07) is 14.3. The largest absolute Gasteiger partial charge is 0.493 e. The Kier molecular flexibility index (Phi) is 7.82. The molecular formula is C23H32N4O3+2. The Bertz CT molecular complexity index is 859. The lowest BCUT2D eigenvalue weighted by Crippen LogP contribution is -3.28. The normalized spacial score (nSPS) is 18.9. The van der Waals surface area contributed by atoms with Gasteiger partial charge < -0.3 is 19.3 Å². The molecule has 1 saturated heterocycles. The van der Waals surface area contributed by atoms with Gasteiger partial charge in [-0.3, -0.25) is 4.79 Å². The van der Waals surface area contributed by atoms with Crippen LogP contribution in [-0.4, -0.2) is 59.1 Å². The van der Waals surface area contributed by atoms with Crippen molar-refractivity contribution < 1.29 is 24.1 Å². The summed E-state index contributed by atoms with van der Waals surface area (Å²) >= 11 is 0. The van der Waals surface area contributed by atoms with Gasteiger partial charge in [0.1, 0.15) is 32.7 Å². The van der Waals surface area contributed by atoms with Crippen LogP contribution in [0.3, 0.4) is 0 Å². The minimum atomic E-state index is -0.0786. The predicted molar refractivity (Wildman–Crippen MR) is 116 cm³/mol. The number of rotatable bonds is 8. The zero-order valence-electron chi connectivity index (χ0n) is 18.0. The number of carbonyl (C=O) groups excluding carboxylic acids is 1. The van der Waals surface area contributed by atoms with E-state index in [0.29, 0.717) is 18.0 Å². The van der Waals surface area contributed by atoms with Crippen LogP contribution in [-0.2, 0) is 11.3 Å². The molecule has 0 radical (unpaired) electrons. The first-order chi connectivity index (χ1) is 14.6. The Morgan fingerprint density at radius 1 is 1.03 bits per heavy atom. The van der Waals surface area contributed by atoms with Gasteiger partial charge >= 0.3 is 0 Å². The molecule has 1 aliphatic rings. The maximum atomic E-state index is 12.3. The number of amides is 1. The summed E-state index contributed by atoms with van der Waals surface area (Å²) in [5.41, 5.74) is 6.05. The molecule has 0 spiro atoms. The van der Waals surface area contributed by atoms with E-state index < -0.39 is 0 Å². The smallest absolute Gasteiger partial charge is 0.295 e.